The average molecular weight is 336 g/mol. The molecule has 1 aromatic carbocycles. The number of hydrogen-bond donors (Lipinski definition) is 2. The van der Waals surface area contributed by atoms with Gasteiger partial charge in [0.25, 0.3) is 0 Å². The highest BCUT2D eigenvalue weighted by Crippen LogP contribution is 2.24. The van der Waals surface area contributed by atoms with E-state index in [4.69, 9.17) is 9.84 Å². The molecule has 2 N–H and O–H groups in total. The van der Waals surface area contributed by atoms with E-state index < -0.39 is 0 Å². The second-order valence-corrected chi connectivity index (χ2v) is 6.84. The van der Waals surface area contributed by atoms with E-state index >= 15 is 0 Å². The van der Waals surface area contributed by atoms with Crippen molar-refractivity contribution < 1.29 is 19.0 Å². The Kier molecular flexibility index (Phi) is 5.48. The molecule has 3 rings (SSSR count). The van der Waals surface area contributed by atoms with E-state index in [0.29, 0.717) is 30.2 Å². The van der Waals surface area contributed by atoms with E-state index in [1.165, 1.54) is 6.07 Å². The number of amides is 1. The number of rotatable bonds is 5. The van der Waals surface area contributed by atoms with Crippen LogP contribution in [-0.2, 0) is 16.0 Å². The number of carbonyl (C=O) groups excluding carboxylic acids is 1. The molecule has 0 aromatic heterocycles. The molecule has 24 heavy (non-hydrogen) atoms. The Hall–Kier alpha value is -1.50. The van der Waals surface area contributed by atoms with Gasteiger partial charge in [0.1, 0.15) is 5.82 Å². The summed E-state index contributed by atoms with van der Waals surface area (Å²) in [5.74, 6) is -0.346. The van der Waals surface area contributed by atoms with E-state index in [1.807, 2.05) is 0 Å². The predicted molar refractivity (Wildman–Crippen MR) is 88.2 cm³/mol. The highest BCUT2D eigenvalue weighted by atomic mass is 19.1. The van der Waals surface area contributed by atoms with Gasteiger partial charge in [-0.25, -0.2) is 4.39 Å². The van der Waals surface area contributed by atoms with Crippen LogP contribution >= 0.6 is 0 Å². The second-order valence-electron chi connectivity index (χ2n) is 6.84. The molecule has 0 aliphatic carbocycles. The molecule has 2 fully saturated rings. The number of fused-ring (bicyclic) bond motifs is 1. The lowest BCUT2D eigenvalue weighted by atomic mass is 10.1. The van der Waals surface area contributed by atoms with Crippen LogP contribution in [0.4, 0.5) is 4.39 Å². The van der Waals surface area contributed by atoms with Crippen LogP contribution in [0.1, 0.15) is 24.0 Å². The van der Waals surface area contributed by atoms with Crippen molar-refractivity contribution in [3.63, 3.8) is 0 Å². The van der Waals surface area contributed by atoms with Crippen LogP contribution in [-0.4, -0.2) is 60.4 Å². The molecule has 0 saturated carbocycles. The first-order valence-electron chi connectivity index (χ1n) is 8.56. The molecule has 2 aliphatic heterocycles. The number of nitrogens with one attached hydrogen (secondary N) is 1. The molecule has 6 heteroatoms. The summed E-state index contributed by atoms with van der Waals surface area (Å²) in [6, 6.07) is 5.37. The fourth-order valence-electron chi connectivity index (χ4n) is 3.58. The summed E-state index contributed by atoms with van der Waals surface area (Å²) in [4.78, 5) is 14.6. The van der Waals surface area contributed by atoms with Crippen molar-refractivity contribution in [2.45, 2.75) is 44.4 Å². The third kappa shape index (κ3) is 4.12. The minimum absolute atomic E-state index is 0.0732. The monoisotopic (exact) mass is 336 g/mol. The first-order chi connectivity index (χ1) is 11.5. The molecule has 1 aromatic rings. The second kappa shape index (κ2) is 7.59. The zero-order valence-corrected chi connectivity index (χ0v) is 14.0. The highest BCUT2D eigenvalue weighted by molar-refractivity contribution is 5.79. The van der Waals surface area contributed by atoms with Crippen molar-refractivity contribution in [3.8, 4) is 0 Å². The molecule has 0 spiro atoms. The summed E-state index contributed by atoms with van der Waals surface area (Å²) < 4.78 is 19.3. The SMILES string of the molecule is Cc1ccc(CC(=O)N[C@H]2C[C@H]3CO[C@@H](CCO)CN3C2)cc1F. The maximum Gasteiger partial charge on any atom is 0.224 e. The molecular formula is C18H25FN2O3. The molecule has 2 aliphatic rings. The van der Waals surface area contributed by atoms with Crippen LogP contribution < -0.4 is 5.32 Å². The Morgan fingerprint density at radius 1 is 1.46 bits per heavy atom. The lowest BCUT2D eigenvalue weighted by molar-refractivity contribution is -0.121. The molecule has 2 saturated heterocycles. The van der Waals surface area contributed by atoms with E-state index in [9.17, 15) is 9.18 Å². The first kappa shape index (κ1) is 17.3. The van der Waals surface area contributed by atoms with Crippen molar-refractivity contribution in [2.75, 3.05) is 26.3 Å². The molecule has 0 unspecified atom stereocenters. The van der Waals surface area contributed by atoms with Gasteiger partial charge >= 0.3 is 0 Å². The summed E-state index contributed by atoms with van der Waals surface area (Å²) in [5.41, 5.74) is 1.28. The third-order valence-corrected chi connectivity index (χ3v) is 4.91. The van der Waals surface area contributed by atoms with E-state index in [-0.39, 0.29) is 36.9 Å². The van der Waals surface area contributed by atoms with Gasteiger partial charge in [0.05, 0.1) is 19.1 Å². The Balaban J connectivity index is 1.50. The molecule has 0 bridgehead atoms. The number of aliphatic hydroxyl groups excluding tert-OH is 1. The smallest absolute Gasteiger partial charge is 0.224 e. The molecule has 1 amide bonds. The summed E-state index contributed by atoms with van der Waals surface area (Å²) >= 11 is 0. The standard InChI is InChI=1S/C18H25FN2O3/c1-12-2-3-13(6-17(12)19)7-18(23)20-14-8-15-11-24-16(4-5-22)10-21(15)9-14/h2-3,6,14-16,22H,4-5,7-11H2,1H3,(H,20,23)/t14-,15-,16-/m0/s1. The first-order valence-corrected chi connectivity index (χ1v) is 8.56. The van der Waals surface area contributed by atoms with Crippen LogP contribution in [0.3, 0.4) is 0 Å². The van der Waals surface area contributed by atoms with Gasteiger partial charge in [0.2, 0.25) is 5.91 Å². The topological polar surface area (TPSA) is 61.8 Å². The number of halogens is 1. The van der Waals surface area contributed by atoms with Crippen molar-refractivity contribution in [3.05, 3.63) is 35.1 Å². The number of carbonyl (C=O) groups is 1. The number of aryl methyl sites for hydroxylation is 1. The van der Waals surface area contributed by atoms with E-state index in [2.05, 4.69) is 10.2 Å². The number of aliphatic hydroxyl groups is 1. The van der Waals surface area contributed by atoms with Gasteiger partial charge in [-0.05, 0) is 37.0 Å². The van der Waals surface area contributed by atoms with Crippen molar-refractivity contribution in [2.24, 2.45) is 0 Å². The minimum Gasteiger partial charge on any atom is -0.396 e. The third-order valence-electron chi connectivity index (χ3n) is 4.91. The van der Waals surface area contributed by atoms with Gasteiger partial charge in [-0.3, -0.25) is 9.69 Å². The van der Waals surface area contributed by atoms with Gasteiger partial charge < -0.3 is 15.2 Å². The molecule has 132 valence electrons. The number of nitrogens with zero attached hydrogens (tertiary/aromatic N) is 1. The summed E-state index contributed by atoms with van der Waals surface area (Å²) in [7, 11) is 0. The number of hydrogen-bond acceptors (Lipinski definition) is 4. The molecule has 2 heterocycles. The molecule has 5 nitrogen and oxygen atoms in total. The summed E-state index contributed by atoms with van der Waals surface area (Å²) in [6.45, 7) is 4.11. The van der Waals surface area contributed by atoms with Crippen LogP contribution in [0.2, 0.25) is 0 Å². The fraction of sp³-hybridized carbons (Fsp3) is 0.611. The fourth-order valence-corrected chi connectivity index (χ4v) is 3.58. The van der Waals surface area contributed by atoms with Gasteiger partial charge in [-0.15, -0.1) is 0 Å². The highest BCUT2D eigenvalue weighted by Gasteiger charge is 2.37. The van der Waals surface area contributed by atoms with E-state index in [0.717, 1.165) is 19.5 Å². The zero-order chi connectivity index (χ0) is 17.1. The van der Waals surface area contributed by atoms with Gasteiger partial charge in [0.15, 0.2) is 0 Å². The lowest BCUT2D eigenvalue weighted by Crippen LogP contribution is -2.46. The minimum atomic E-state index is -0.273. The number of morpholine rings is 1. The van der Waals surface area contributed by atoms with Crippen LogP contribution in [0.5, 0.6) is 0 Å². The summed E-state index contributed by atoms with van der Waals surface area (Å²) in [5, 5.41) is 12.1. The largest absolute Gasteiger partial charge is 0.396 e. The van der Waals surface area contributed by atoms with Crippen LogP contribution in [0.25, 0.3) is 0 Å². The molecule has 3 atom stereocenters. The number of benzene rings is 1. The van der Waals surface area contributed by atoms with Gasteiger partial charge in [-0.2, -0.15) is 0 Å². The van der Waals surface area contributed by atoms with E-state index in [1.54, 1.807) is 19.1 Å². The lowest BCUT2D eigenvalue weighted by Gasteiger charge is -2.34. The Bertz CT molecular complexity index is 596. The molecule has 0 radical (unpaired) electrons. The average Bonchev–Trinajstić information content (AvgIpc) is 2.92. The van der Waals surface area contributed by atoms with Gasteiger partial charge in [-0.1, -0.05) is 12.1 Å². The maximum absolute atomic E-state index is 13.6. The maximum atomic E-state index is 13.6. The zero-order valence-electron chi connectivity index (χ0n) is 14.0. The Morgan fingerprint density at radius 2 is 2.29 bits per heavy atom. The Morgan fingerprint density at radius 3 is 3.04 bits per heavy atom. The quantitative estimate of drug-likeness (QED) is 0.843. The predicted octanol–water partition coefficient (Wildman–Crippen LogP) is 1.02. The van der Waals surface area contributed by atoms with Crippen molar-refractivity contribution in [1.29, 1.82) is 0 Å². The summed E-state index contributed by atoms with van der Waals surface area (Å²) in [6.07, 6.45) is 1.80. The van der Waals surface area contributed by atoms with Gasteiger partial charge in [0, 0.05) is 31.8 Å². The Labute approximate surface area is 141 Å². The number of ether oxygens (including phenoxy) is 1. The molecular weight excluding hydrogens is 311 g/mol. The van der Waals surface area contributed by atoms with Crippen LogP contribution in [0, 0.1) is 12.7 Å². The van der Waals surface area contributed by atoms with Crippen molar-refractivity contribution >= 4 is 5.91 Å². The van der Waals surface area contributed by atoms with Crippen LogP contribution in [0.15, 0.2) is 18.2 Å². The normalized spacial score (nSPS) is 27.0. The van der Waals surface area contributed by atoms with Crippen molar-refractivity contribution in [1.82, 2.24) is 10.2 Å².